The van der Waals surface area contributed by atoms with E-state index in [9.17, 15) is 0 Å². The number of halogens is 2. The average molecular weight is 325 g/mol. The number of nitrogens with one attached hydrogen (secondary N) is 1. The summed E-state index contributed by atoms with van der Waals surface area (Å²) in [6, 6.07) is 10.3. The van der Waals surface area contributed by atoms with Crippen LogP contribution in [0.3, 0.4) is 0 Å². The van der Waals surface area contributed by atoms with Gasteiger partial charge in [-0.2, -0.15) is 0 Å². The van der Waals surface area contributed by atoms with E-state index in [4.69, 9.17) is 23.2 Å². The van der Waals surface area contributed by atoms with Crippen LogP contribution >= 0.6 is 35.0 Å². The molecule has 20 heavy (non-hydrogen) atoms. The molecule has 1 aromatic carbocycles. The van der Waals surface area contributed by atoms with Gasteiger partial charge in [0.1, 0.15) is 5.03 Å². The zero-order chi connectivity index (χ0) is 13.9. The molecule has 0 radical (unpaired) electrons. The molecule has 104 valence electrons. The highest BCUT2D eigenvalue weighted by Gasteiger charge is 2.20. The molecule has 0 atom stereocenters. The lowest BCUT2D eigenvalue weighted by molar-refractivity contribution is 0.680. The number of hydrogen-bond donors (Lipinski definition) is 1. The van der Waals surface area contributed by atoms with Crippen LogP contribution in [0.25, 0.3) is 0 Å². The lowest BCUT2D eigenvalue weighted by atomic mass is 10.2. The highest BCUT2D eigenvalue weighted by Crippen LogP contribution is 2.34. The predicted molar refractivity (Wildman–Crippen MR) is 84.7 cm³/mol. The molecule has 1 fully saturated rings. The first kappa shape index (κ1) is 14.2. The van der Waals surface area contributed by atoms with Crippen molar-refractivity contribution in [2.45, 2.75) is 35.3 Å². The maximum absolute atomic E-state index is 6.17. The molecule has 1 heterocycles. The summed E-state index contributed by atoms with van der Waals surface area (Å²) in [5, 5.41) is 5.77. The molecule has 2 aromatic rings. The summed E-state index contributed by atoms with van der Waals surface area (Å²) in [5.74, 6) is 0. The molecule has 1 aliphatic carbocycles. The van der Waals surface area contributed by atoms with Crippen molar-refractivity contribution in [3.8, 4) is 0 Å². The number of benzene rings is 1. The van der Waals surface area contributed by atoms with Crippen molar-refractivity contribution in [3.63, 3.8) is 0 Å². The third-order valence-electron chi connectivity index (χ3n) is 3.11. The van der Waals surface area contributed by atoms with Crippen LogP contribution in [0.5, 0.6) is 0 Å². The molecule has 0 aliphatic heterocycles. The highest BCUT2D eigenvalue weighted by atomic mass is 35.5. The first-order chi connectivity index (χ1) is 9.72. The SMILES string of the molecule is Clc1ccc(Sc2ncccc2Cl)c(CNC2CC2)c1. The van der Waals surface area contributed by atoms with Crippen LogP contribution in [0, 0.1) is 0 Å². The van der Waals surface area contributed by atoms with E-state index in [1.54, 1.807) is 18.0 Å². The molecule has 2 nitrogen and oxygen atoms in total. The molecule has 1 aromatic heterocycles. The Kier molecular flexibility index (Phi) is 4.51. The maximum Gasteiger partial charge on any atom is 0.119 e. The molecule has 5 heteroatoms. The Labute approximate surface area is 132 Å². The van der Waals surface area contributed by atoms with Crippen molar-refractivity contribution >= 4 is 35.0 Å². The van der Waals surface area contributed by atoms with Gasteiger partial charge in [0.25, 0.3) is 0 Å². The standard InChI is InChI=1S/C15H14Cl2N2S/c16-11-3-6-14(10(8-11)9-19-12-4-5-12)20-15-13(17)2-1-7-18-15/h1-3,6-8,12,19H,4-5,9H2. The van der Waals surface area contributed by atoms with Crippen LogP contribution in [0.1, 0.15) is 18.4 Å². The fourth-order valence-electron chi connectivity index (χ4n) is 1.88. The van der Waals surface area contributed by atoms with Gasteiger partial charge in [-0.15, -0.1) is 0 Å². The van der Waals surface area contributed by atoms with Gasteiger partial charge in [-0.25, -0.2) is 4.98 Å². The Morgan fingerprint density at radius 1 is 1.25 bits per heavy atom. The topological polar surface area (TPSA) is 24.9 Å². The first-order valence-corrected chi connectivity index (χ1v) is 8.10. The van der Waals surface area contributed by atoms with E-state index in [1.165, 1.54) is 18.4 Å². The van der Waals surface area contributed by atoms with Gasteiger partial charge in [-0.1, -0.05) is 35.0 Å². The summed E-state index contributed by atoms with van der Waals surface area (Å²) in [4.78, 5) is 5.46. The Balaban J connectivity index is 1.82. The van der Waals surface area contributed by atoms with Crippen LogP contribution in [0.15, 0.2) is 46.5 Å². The van der Waals surface area contributed by atoms with Gasteiger partial charge in [0.15, 0.2) is 0 Å². The summed E-state index contributed by atoms with van der Waals surface area (Å²) in [7, 11) is 0. The van der Waals surface area contributed by atoms with Gasteiger partial charge in [0.05, 0.1) is 5.02 Å². The summed E-state index contributed by atoms with van der Waals surface area (Å²) in [6.07, 6.45) is 4.30. The summed E-state index contributed by atoms with van der Waals surface area (Å²) >= 11 is 13.9. The fraction of sp³-hybridized carbons (Fsp3) is 0.267. The lowest BCUT2D eigenvalue weighted by Crippen LogP contribution is -2.15. The summed E-state index contributed by atoms with van der Waals surface area (Å²) in [5.41, 5.74) is 1.19. The van der Waals surface area contributed by atoms with Crippen molar-refractivity contribution in [1.82, 2.24) is 10.3 Å². The molecule has 0 amide bonds. The van der Waals surface area contributed by atoms with E-state index >= 15 is 0 Å². The van der Waals surface area contributed by atoms with Crippen LogP contribution in [0.4, 0.5) is 0 Å². The minimum atomic E-state index is 0.672. The van der Waals surface area contributed by atoms with Gasteiger partial charge in [-0.3, -0.25) is 0 Å². The third-order valence-corrected chi connectivity index (χ3v) is 4.90. The molecular formula is C15H14Cl2N2S. The quantitative estimate of drug-likeness (QED) is 0.855. The number of hydrogen-bond acceptors (Lipinski definition) is 3. The van der Waals surface area contributed by atoms with E-state index in [1.807, 2.05) is 30.3 Å². The molecule has 0 saturated heterocycles. The maximum atomic E-state index is 6.17. The average Bonchev–Trinajstić information content (AvgIpc) is 3.25. The van der Waals surface area contributed by atoms with Crippen LogP contribution in [-0.2, 0) is 6.54 Å². The molecule has 0 bridgehead atoms. The van der Waals surface area contributed by atoms with Crippen LogP contribution < -0.4 is 5.32 Å². The molecule has 1 aliphatic rings. The van der Waals surface area contributed by atoms with Crippen molar-refractivity contribution in [1.29, 1.82) is 0 Å². The summed E-state index contributed by atoms with van der Waals surface area (Å²) in [6.45, 7) is 0.831. The number of rotatable bonds is 5. The highest BCUT2D eigenvalue weighted by molar-refractivity contribution is 7.99. The van der Waals surface area contributed by atoms with E-state index in [0.29, 0.717) is 11.1 Å². The van der Waals surface area contributed by atoms with Crippen molar-refractivity contribution in [3.05, 3.63) is 52.1 Å². The number of pyridine rings is 1. The van der Waals surface area contributed by atoms with Gasteiger partial charge in [-0.05, 0) is 48.7 Å². The van der Waals surface area contributed by atoms with E-state index in [0.717, 1.165) is 21.5 Å². The Morgan fingerprint density at radius 3 is 2.85 bits per heavy atom. The smallest absolute Gasteiger partial charge is 0.119 e. The molecule has 1 N–H and O–H groups in total. The molecule has 3 rings (SSSR count). The Morgan fingerprint density at radius 2 is 2.10 bits per heavy atom. The molecule has 0 spiro atoms. The van der Waals surface area contributed by atoms with Gasteiger partial charge < -0.3 is 5.32 Å². The van der Waals surface area contributed by atoms with E-state index < -0.39 is 0 Å². The fourth-order valence-corrected chi connectivity index (χ4v) is 3.20. The minimum Gasteiger partial charge on any atom is -0.310 e. The zero-order valence-corrected chi connectivity index (χ0v) is 13.1. The monoisotopic (exact) mass is 324 g/mol. The normalized spacial score (nSPS) is 14.5. The number of aromatic nitrogens is 1. The van der Waals surface area contributed by atoms with Gasteiger partial charge in [0, 0.05) is 28.7 Å². The minimum absolute atomic E-state index is 0.672. The van der Waals surface area contributed by atoms with E-state index in [-0.39, 0.29) is 0 Å². The van der Waals surface area contributed by atoms with Gasteiger partial charge >= 0.3 is 0 Å². The van der Waals surface area contributed by atoms with Crippen LogP contribution in [-0.4, -0.2) is 11.0 Å². The largest absolute Gasteiger partial charge is 0.310 e. The van der Waals surface area contributed by atoms with Crippen molar-refractivity contribution < 1.29 is 0 Å². The molecule has 1 saturated carbocycles. The Bertz CT molecular complexity index is 615. The van der Waals surface area contributed by atoms with Crippen LogP contribution in [0.2, 0.25) is 10.0 Å². The molecular weight excluding hydrogens is 311 g/mol. The zero-order valence-electron chi connectivity index (χ0n) is 10.8. The Hall–Kier alpha value is -0.740. The lowest BCUT2D eigenvalue weighted by Gasteiger charge is -2.11. The van der Waals surface area contributed by atoms with Crippen molar-refractivity contribution in [2.24, 2.45) is 0 Å². The number of nitrogens with zero attached hydrogens (tertiary/aromatic N) is 1. The predicted octanol–water partition coefficient (Wildman–Crippen LogP) is 4.79. The van der Waals surface area contributed by atoms with E-state index in [2.05, 4.69) is 10.3 Å². The second kappa shape index (κ2) is 6.35. The van der Waals surface area contributed by atoms with Crippen molar-refractivity contribution in [2.75, 3.05) is 0 Å². The first-order valence-electron chi connectivity index (χ1n) is 6.52. The second-order valence-corrected chi connectivity index (χ2v) is 6.67. The third kappa shape index (κ3) is 3.67. The second-order valence-electron chi connectivity index (χ2n) is 4.80. The van der Waals surface area contributed by atoms with Gasteiger partial charge in [0.2, 0.25) is 0 Å². The summed E-state index contributed by atoms with van der Waals surface area (Å²) < 4.78 is 0. The molecule has 0 unspecified atom stereocenters.